The molecule has 0 amide bonds. The van der Waals surface area contributed by atoms with E-state index in [4.69, 9.17) is 14.5 Å². The Labute approximate surface area is 99.6 Å². The molecule has 1 unspecified atom stereocenters. The van der Waals surface area contributed by atoms with Crippen molar-refractivity contribution in [3.63, 3.8) is 0 Å². The fourth-order valence-corrected chi connectivity index (χ4v) is 2.62. The zero-order valence-corrected chi connectivity index (χ0v) is 10.5. The van der Waals surface area contributed by atoms with E-state index in [-0.39, 0.29) is 12.0 Å². The molecule has 2 bridgehead atoms. The van der Waals surface area contributed by atoms with E-state index in [1.165, 1.54) is 6.92 Å². The molecular weight excluding hydrogens is 247 g/mol. The van der Waals surface area contributed by atoms with Gasteiger partial charge in [-0.1, -0.05) is 0 Å². The van der Waals surface area contributed by atoms with Crippen molar-refractivity contribution in [2.75, 3.05) is 19.6 Å². The Balaban J connectivity index is 1.86. The van der Waals surface area contributed by atoms with Gasteiger partial charge in [-0.2, -0.15) is 0 Å². The van der Waals surface area contributed by atoms with E-state index >= 15 is 0 Å². The van der Waals surface area contributed by atoms with Gasteiger partial charge in [-0.3, -0.25) is 19.3 Å². The van der Waals surface area contributed by atoms with Crippen molar-refractivity contribution in [1.29, 1.82) is 0 Å². The fourth-order valence-electron chi connectivity index (χ4n) is 2.40. The molecule has 3 aliphatic rings. The smallest absolute Gasteiger partial charge is 0.474 e. The summed E-state index contributed by atoms with van der Waals surface area (Å²) in [6.07, 6.45) is 2.27. The maximum Gasteiger partial charge on any atom is 0.545 e. The summed E-state index contributed by atoms with van der Waals surface area (Å²) < 4.78 is 20.0. The van der Waals surface area contributed by atoms with Gasteiger partial charge in [-0.15, -0.1) is 0 Å². The van der Waals surface area contributed by atoms with Crippen molar-refractivity contribution in [2.24, 2.45) is 11.1 Å². The fraction of sp³-hybridized carbons (Fsp3) is 0.889. The summed E-state index contributed by atoms with van der Waals surface area (Å²) in [5, 5.41) is 3.29. The molecule has 2 N–H and O–H groups in total. The number of piperidine rings is 3. The van der Waals surface area contributed by atoms with E-state index in [1.54, 1.807) is 0 Å². The molecule has 0 aromatic heterocycles. The Morgan fingerprint density at radius 3 is 2.53 bits per heavy atom. The zero-order chi connectivity index (χ0) is 12.5. The third-order valence-electron chi connectivity index (χ3n) is 3.19. The lowest BCUT2D eigenvalue weighted by Crippen LogP contribution is -2.51. The molecule has 1 atom stereocenters. The summed E-state index contributed by atoms with van der Waals surface area (Å²) >= 11 is 0. The number of hydrogen-bond donors (Lipinski definition) is 2. The van der Waals surface area contributed by atoms with Gasteiger partial charge in [0.15, 0.2) is 0 Å². The number of rotatable bonds is 3. The average Bonchev–Trinajstić information content (AvgIpc) is 2.27. The molecule has 3 rings (SSSR count). The molecular formula is C9H17N2O5P. The molecule has 8 heteroatoms. The number of oxime groups is 1. The first-order chi connectivity index (χ1) is 7.94. The maximum absolute atomic E-state index is 10.5. The Morgan fingerprint density at radius 1 is 1.41 bits per heavy atom. The molecule has 17 heavy (non-hydrogen) atoms. The normalized spacial score (nSPS) is 33.6. The van der Waals surface area contributed by atoms with Crippen LogP contribution in [0.4, 0.5) is 0 Å². The quantitative estimate of drug-likeness (QED) is 0.334. The summed E-state index contributed by atoms with van der Waals surface area (Å²) in [6, 6.07) is 0. The summed E-state index contributed by atoms with van der Waals surface area (Å²) in [5.41, 5.74) is 0. The van der Waals surface area contributed by atoms with Crippen LogP contribution in [-0.4, -0.2) is 46.3 Å². The van der Waals surface area contributed by atoms with Crippen LogP contribution in [0.1, 0.15) is 19.8 Å². The third-order valence-corrected chi connectivity index (χ3v) is 3.49. The van der Waals surface area contributed by atoms with Crippen LogP contribution in [0.15, 0.2) is 5.16 Å². The van der Waals surface area contributed by atoms with Gasteiger partial charge in [0.25, 0.3) is 0 Å². The first-order valence-corrected chi connectivity index (χ1v) is 7.15. The average molecular weight is 264 g/mol. The topological polar surface area (TPSA) is 91.6 Å². The molecule has 0 aromatic carbocycles. The predicted octanol–water partition coefficient (Wildman–Crippen LogP) is 0.540. The minimum Gasteiger partial charge on any atom is -0.474 e. The molecule has 0 spiro atoms. The van der Waals surface area contributed by atoms with Crippen LogP contribution in [0, 0.1) is 5.92 Å². The van der Waals surface area contributed by atoms with Crippen LogP contribution in [-0.2, 0) is 13.9 Å². The zero-order valence-electron chi connectivity index (χ0n) is 9.65. The second-order valence-corrected chi connectivity index (χ2v) is 5.62. The van der Waals surface area contributed by atoms with Gasteiger partial charge in [-0.25, -0.2) is 4.57 Å². The van der Waals surface area contributed by atoms with E-state index in [1.807, 2.05) is 0 Å². The minimum absolute atomic E-state index is 0.0571. The molecule has 3 saturated heterocycles. The van der Waals surface area contributed by atoms with E-state index in [0.717, 1.165) is 32.5 Å². The molecule has 3 aliphatic heterocycles. The lowest BCUT2D eigenvalue weighted by Gasteiger charge is -2.44. The number of hydrogen-bond acceptors (Lipinski definition) is 5. The highest BCUT2D eigenvalue weighted by Gasteiger charge is 2.35. The number of nitrogens with zero attached hydrogens (tertiary/aromatic N) is 2. The summed E-state index contributed by atoms with van der Waals surface area (Å²) in [4.78, 5) is 19.3. The Hall–Kier alpha value is -0.620. The van der Waals surface area contributed by atoms with E-state index in [0.29, 0.717) is 5.92 Å². The summed E-state index contributed by atoms with van der Waals surface area (Å²) in [5.74, 6) is 0.673. The van der Waals surface area contributed by atoms with Gasteiger partial charge < -0.3 is 4.74 Å². The Morgan fingerprint density at radius 2 is 2.06 bits per heavy atom. The maximum atomic E-state index is 10.5. The van der Waals surface area contributed by atoms with Crippen molar-refractivity contribution >= 4 is 13.7 Å². The van der Waals surface area contributed by atoms with Crippen molar-refractivity contribution in [1.82, 2.24) is 4.90 Å². The molecule has 98 valence electrons. The largest absolute Gasteiger partial charge is 0.545 e. The number of fused-ring (bicyclic) bond motifs is 3. The van der Waals surface area contributed by atoms with Crippen LogP contribution in [0.3, 0.4) is 0 Å². The molecule has 3 fully saturated rings. The second-order valence-electron chi connectivity index (χ2n) is 4.48. The number of ether oxygens (including phenoxy) is 1. The molecule has 0 aromatic rings. The predicted molar refractivity (Wildman–Crippen MR) is 60.3 cm³/mol. The molecule has 7 nitrogen and oxygen atoms in total. The number of phosphoric acid groups is 1. The molecule has 0 radical (unpaired) electrons. The van der Waals surface area contributed by atoms with Crippen molar-refractivity contribution < 1.29 is 23.7 Å². The van der Waals surface area contributed by atoms with E-state index in [9.17, 15) is 4.57 Å². The van der Waals surface area contributed by atoms with Gasteiger partial charge >= 0.3 is 7.82 Å². The summed E-state index contributed by atoms with van der Waals surface area (Å²) in [6.45, 7) is 4.61. The Kier molecular flexibility index (Phi) is 3.73. The highest BCUT2D eigenvalue weighted by molar-refractivity contribution is 7.46. The Bertz CT molecular complexity index is 347. The van der Waals surface area contributed by atoms with Crippen LogP contribution >= 0.6 is 7.82 Å². The highest BCUT2D eigenvalue weighted by atomic mass is 31.2. The molecule has 3 heterocycles. The van der Waals surface area contributed by atoms with E-state index in [2.05, 4.69) is 14.7 Å². The van der Waals surface area contributed by atoms with Gasteiger partial charge in [0.1, 0.15) is 6.10 Å². The first-order valence-electron chi connectivity index (χ1n) is 5.62. The van der Waals surface area contributed by atoms with Crippen molar-refractivity contribution in [3.05, 3.63) is 0 Å². The van der Waals surface area contributed by atoms with Crippen molar-refractivity contribution in [3.8, 4) is 0 Å². The SMILES string of the molecule is C/C(=N/OP(=O)(O)O)OC1CN2CCC1CC2. The van der Waals surface area contributed by atoms with Crippen LogP contribution in [0.25, 0.3) is 0 Å². The standard InChI is InChI=1S/C9H17N2O5P/c1-7(10-16-17(12,13)14)15-9-6-11-4-2-8(9)3-5-11/h8-9H,2-6H2,1H3,(H2,12,13,14)/b10-7-. The van der Waals surface area contributed by atoms with Crippen LogP contribution in [0.2, 0.25) is 0 Å². The second kappa shape index (κ2) is 4.94. The monoisotopic (exact) mass is 264 g/mol. The van der Waals surface area contributed by atoms with E-state index < -0.39 is 7.82 Å². The van der Waals surface area contributed by atoms with Gasteiger partial charge in [0, 0.05) is 13.5 Å². The summed E-state index contributed by atoms with van der Waals surface area (Å²) in [7, 11) is -4.56. The third kappa shape index (κ3) is 3.67. The van der Waals surface area contributed by atoms with Gasteiger partial charge in [-0.05, 0) is 37.0 Å². The van der Waals surface area contributed by atoms with Gasteiger partial charge in [0.05, 0.1) is 0 Å². The minimum atomic E-state index is -4.56. The molecule has 0 aliphatic carbocycles. The van der Waals surface area contributed by atoms with Crippen LogP contribution < -0.4 is 0 Å². The highest BCUT2D eigenvalue weighted by Crippen LogP contribution is 2.36. The lowest BCUT2D eigenvalue weighted by atomic mass is 9.86. The van der Waals surface area contributed by atoms with Crippen molar-refractivity contribution in [2.45, 2.75) is 25.9 Å². The lowest BCUT2D eigenvalue weighted by molar-refractivity contribution is -0.0169. The van der Waals surface area contributed by atoms with Crippen LogP contribution in [0.5, 0.6) is 0 Å². The first kappa shape index (κ1) is 12.8. The van der Waals surface area contributed by atoms with Gasteiger partial charge in [0.2, 0.25) is 5.90 Å². The molecule has 0 saturated carbocycles.